The number of hydrogen-bond acceptors (Lipinski definition) is 6. The molecule has 0 saturated heterocycles. The zero-order valence-corrected chi connectivity index (χ0v) is 28.2. The summed E-state index contributed by atoms with van der Waals surface area (Å²) in [5, 5.41) is 6.29. The molecule has 0 unspecified atom stereocenters. The lowest BCUT2D eigenvalue weighted by Crippen LogP contribution is -1.93. The average Bonchev–Trinajstić information content (AvgIpc) is 3.68. The number of benzene rings is 6. The standard InChI is InChI=1S/C47H27N5O/c1-2-8-32(9-3-1)47-52-46-40(53-47)25-23-37-41(46)36-11-4-5-13-38(36)50-42(37)30-16-14-28(15-17-30)33-21-22-34(35-12-7-27-49-45(33)35)39-24-20-31-19-18-29-10-6-26-48-43(29)44(31)51-39/h1-27H. The van der Waals surface area contributed by atoms with E-state index >= 15 is 0 Å². The van der Waals surface area contributed by atoms with Crippen LogP contribution in [-0.4, -0.2) is 24.9 Å². The largest absolute Gasteiger partial charge is 0.436 e. The third kappa shape index (κ3) is 4.70. The van der Waals surface area contributed by atoms with Gasteiger partial charge in [-0.2, -0.15) is 0 Å². The van der Waals surface area contributed by atoms with Crippen LogP contribution in [0.25, 0.3) is 111 Å². The van der Waals surface area contributed by atoms with Crippen molar-refractivity contribution in [2.24, 2.45) is 0 Å². The molecule has 0 spiro atoms. The highest BCUT2D eigenvalue weighted by Gasteiger charge is 2.18. The van der Waals surface area contributed by atoms with E-state index in [1.165, 1.54) is 0 Å². The summed E-state index contributed by atoms with van der Waals surface area (Å²) in [4.78, 5) is 24.9. The summed E-state index contributed by atoms with van der Waals surface area (Å²) >= 11 is 0. The van der Waals surface area contributed by atoms with E-state index in [0.717, 1.165) is 105 Å². The van der Waals surface area contributed by atoms with Crippen LogP contribution in [0.5, 0.6) is 0 Å². The number of nitrogens with zero attached hydrogens (tertiary/aromatic N) is 5. The predicted molar refractivity (Wildman–Crippen MR) is 214 cm³/mol. The van der Waals surface area contributed by atoms with Crippen LogP contribution in [0, 0.1) is 0 Å². The van der Waals surface area contributed by atoms with Crippen LogP contribution in [0.4, 0.5) is 0 Å². The van der Waals surface area contributed by atoms with E-state index in [4.69, 9.17) is 24.4 Å². The molecule has 0 aliphatic carbocycles. The minimum atomic E-state index is 0.605. The van der Waals surface area contributed by atoms with Crippen molar-refractivity contribution in [3.8, 4) is 45.1 Å². The molecule has 0 atom stereocenters. The lowest BCUT2D eigenvalue weighted by Gasteiger charge is -2.13. The third-order valence-electron chi connectivity index (χ3n) is 10.2. The minimum Gasteiger partial charge on any atom is -0.436 e. The number of oxazole rings is 1. The lowest BCUT2D eigenvalue weighted by atomic mass is 9.94. The Morgan fingerprint density at radius 3 is 2.00 bits per heavy atom. The van der Waals surface area contributed by atoms with Crippen molar-refractivity contribution in [1.29, 1.82) is 0 Å². The molecular formula is C47H27N5O. The maximum absolute atomic E-state index is 6.28. The van der Waals surface area contributed by atoms with Gasteiger partial charge in [0.05, 0.1) is 33.5 Å². The highest BCUT2D eigenvalue weighted by molar-refractivity contribution is 6.20. The normalized spacial score (nSPS) is 11.8. The molecule has 246 valence electrons. The summed E-state index contributed by atoms with van der Waals surface area (Å²) in [6.07, 6.45) is 3.68. The minimum absolute atomic E-state index is 0.605. The second kappa shape index (κ2) is 11.6. The molecule has 11 rings (SSSR count). The quantitative estimate of drug-likeness (QED) is 0.173. The molecule has 53 heavy (non-hydrogen) atoms. The van der Waals surface area contributed by atoms with E-state index in [1.807, 2.05) is 73.1 Å². The highest BCUT2D eigenvalue weighted by Crippen LogP contribution is 2.40. The SMILES string of the molecule is c1ccc(-c2nc3c(ccc4c(-c5ccc(-c6ccc(-c7ccc8ccc9cccnc9c8n7)c7cccnc67)cc5)nc5ccccc5c43)o2)cc1. The van der Waals surface area contributed by atoms with Crippen LogP contribution >= 0.6 is 0 Å². The van der Waals surface area contributed by atoms with Gasteiger partial charge >= 0.3 is 0 Å². The Morgan fingerprint density at radius 1 is 0.396 bits per heavy atom. The first kappa shape index (κ1) is 29.4. The molecule has 6 aromatic carbocycles. The van der Waals surface area contributed by atoms with Crippen LogP contribution < -0.4 is 0 Å². The Balaban J connectivity index is 1.03. The molecule has 0 saturated carbocycles. The molecule has 0 aliphatic heterocycles. The second-order valence-electron chi connectivity index (χ2n) is 13.2. The molecule has 6 nitrogen and oxygen atoms in total. The van der Waals surface area contributed by atoms with Crippen LogP contribution in [0.1, 0.15) is 0 Å². The van der Waals surface area contributed by atoms with E-state index in [1.54, 1.807) is 0 Å². The molecule has 5 heterocycles. The molecule has 11 aromatic rings. The number of pyridine rings is 4. The van der Waals surface area contributed by atoms with Gasteiger partial charge in [0.15, 0.2) is 5.58 Å². The van der Waals surface area contributed by atoms with Crippen molar-refractivity contribution < 1.29 is 4.42 Å². The number of aromatic nitrogens is 5. The summed E-state index contributed by atoms with van der Waals surface area (Å²) in [7, 11) is 0. The van der Waals surface area contributed by atoms with Crippen LogP contribution in [0.15, 0.2) is 168 Å². The van der Waals surface area contributed by atoms with Crippen LogP contribution in [0.2, 0.25) is 0 Å². The first-order chi connectivity index (χ1) is 26.3. The van der Waals surface area contributed by atoms with Gasteiger partial charge in [-0.25, -0.2) is 15.0 Å². The molecule has 0 N–H and O–H groups in total. The van der Waals surface area contributed by atoms with E-state index in [2.05, 4.69) is 96.0 Å². The zero-order chi connectivity index (χ0) is 34.9. The number of fused-ring (bicyclic) bond motifs is 9. The summed E-state index contributed by atoms with van der Waals surface area (Å²) < 4.78 is 6.28. The van der Waals surface area contributed by atoms with Gasteiger partial charge in [-0.3, -0.25) is 9.97 Å². The Kier molecular flexibility index (Phi) is 6.45. The molecule has 0 amide bonds. The molecule has 0 radical (unpaired) electrons. The van der Waals surface area contributed by atoms with Crippen LogP contribution in [0.3, 0.4) is 0 Å². The lowest BCUT2D eigenvalue weighted by molar-refractivity contribution is 0.620. The predicted octanol–water partition coefficient (Wildman–Crippen LogP) is 11.8. The van der Waals surface area contributed by atoms with Gasteiger partial charge in [-0.15, -0.1) is 0 Å². The smallest absolute Gasteiger partial charge is 0.227 e. The number of hydrogen-bond donors (Lipinski definition) is 0. The average molecular weight is 678 g/mol. The van der Waals surface area contributed by atoms with Crippen molar-refractivity contribution in [2.45, 2.75) is 0 Å². The first-order valence-corrected chi connectivity index (χ1v) is 17.6. The maximum atomic E-state index is 6.28. The molecule has 0 bridgehead atoms. The van der Waals surface area contributed by atoms with Gasteiger partial charge < -0.3 is 4.42 Å². The van der Waals surface area contributed by atoms with Crippen LogP contribution in [-0.2, 0) is 0 Å². The van der Waals surface area contributed by atoms with Gasteiger partial charge in [0.25, 0.3) is 0 Å². The number of rotatable bonds is 4. The van der Waals surface area contributed by atoms with Gasteiger partial charge in [0.2, 0.25) is 5.89 Å². The van der Waals surface area contributed by atoms with Gasteiger partial charge in [-0.1, -0.05) is 103 Å². The van der Waals surface area contributed by atoms with Gasteiger partial charge in [-0.05, 0) is 54.1 Å². The molecule has 0 fully saturated rings. The van der Waals surface area contributed by atoms with Crippen molar-refractivity contribution in [3.63, 3.8) is 0 Å². The van der Waals surface area contributed by atoms with E-state index in [0.29, 0.717) is 5.89 Å². The summed E-state index contributed by atoms with van der Waals surface area (Å²) in [5.74, 6) is 0.605. The topological polar surface area (TPSA) is 77.6 Å². The Labute approximate surface area is 303 Å². The third-order valence-corrected chi connectivity index (χ3v) is 10.2. The second-order valence-corrected chi connectivity index (χ2v) is 13.2. The maximum Gasteiger partial charge on any atom is 0.227 e. The fourth-order valence-corrected chi connectivity index (χ4v) is 7.66. The van der Waals surface area contributed by atoms with E-state index in [9.17, 15) is 0 Å². The highest BCUT2D eigenvalue weighted by atomic mass is 16.3. The van der Waals surface area contributed by atoms with Crippen molar-refractivity contribution in [3.05, 3.63) is 164 Å². The van der Waals surface area contributed by atoms with Crippen molar-refractivity contribution in [2.75, 3.05) is 0 Å². The monoisotopic (exact) mass is 677 g/mol. The Morgan fingerprint density at radius 2 is 1.11 bits per heavy atom. The summed E-state index contributed by atoms with van der Waals surface area (Å²) in [6, 6.07) is 51.9. The Hall–Kier alpha value is -7.31. The van der Waals surface area contributed by atoms with Gasteiger partial charge in [0.1, 0.15) is 5.52 Å². The fourth-order valence-electron chi connectivity index (χ4n) is 7.66. The Bertz CT molecular complexity index is 3230. The molecule has 5 aromatic heterocycles. The summed E-state index contributed by atoms with van der Waals surface area (Å²) in [6.45, 7) is 0. The fraction of sp³-hybridized carbons (Fsp3) is 0. The van der Waals surface area contributed by atoms with E-state index in [-0.39, 0.29) is 0 Å². The molecular weight excluding hydrogens is 651 g/mol. The molecule has 0 aliphatic rings. The van der Waals surface area contributed by atoms with Crippen molar-refractivity contribution in [1.82, 2.24) is 24.9 Å². The van der Waals surface area contributed by atoms with Crippen molar-refractivity contribution >= 4 is 65.5 Å². The summed E-state index contributed by atoms with van der Waals surface area (Å²) in [5.41, 5.74) is 12.1. The molecule has 6 heteroatoms. The number of para-hydroxylation sites is 1. The van der Waals surface area contributed by atoms with Gasteiger partial charge in [0, 0.05) is 67.0 Å². The first-order valence-electron chi connectivity index (χ1n) is 17.6. The zero-order valence-electron chi connectivity index (χ0n) is 28.2. The van der Waals surface area contributed by atoms with E-state index < -0.39 is 0 Å².